The van der Waals surface area contributed by atoms with Crippen molar-refractivity contribution >= 4 is 32.8 Å². The highest BCUT2D eigenvalue weighted by molar-refractivity contribution is 7.91. The molecule has 1 amide bonds. The molecular weight excluding hydrogens is 599 g/mol. The van der Waals surface area contributed by atoms with E-state index >= 15 is 0 Å². The zero-order valence-corrected chi connectivity index (χ0v) is 24.9. The zero-order valence-electron chi connectivity index (χ0n) is 23.2. The SMILES string of the molecule is N#CC1(NC(=O)C2CCCCC2c2nc(-c3cncc(C(F)(F)F)c3)sc2-c2ccc(N3CCS(=O)(=O)CC3)cc2)CC1. The molecule has 1 saturated heterocycles. The summed E-state index contributed by atoms with van der Waals surface area (Å²) >= 11 is 1.27. The van der Waals surface area contributed by atoms with E-state index in [2.05, 4.69) is 16.4 Å². The largest absolute Gasteiger partial charge is 0.417 e. The van der Waals surface area contributed by atoms with Gasteiger partial charge in [-0.25, -0.2) is 13.4 Å². The zero-order chi connectivity index (χ0) is 30.4. The van der Waals surface area contributed by atoms with E-state index in [1.54, 1.807) is 0 Å². The molecule has 1 N–H and O–H groups in total. The highest BCUT2D eigenvalue weighted by Crippen LogP contribution is 2.47. The van der Waals surface area contributed by atoms with Crippen LogP contribution in [0.5, 0.6) is 0 Å². The summed E-state index contributed by atoms with van der Waals surface area (Å²) < 4.78 is 64.3. The van der Waals surface area contributed by atoms with Gasteiger partial charge in [0.1, 0.15) is 10.5 Å². The maximum Gasteiger partial charge on any atom is 0.417 e. The van der Waals surface area contributed by atoms with Crippen molar-refractivity contribution in [2.45, 2.75) is 56.2 Å². The number of carbonyl (C=O) groups excluding carboxylic acids is 1. The molecule has 3 fully saturated rings. The lowest BCUT2D eigenvalue weighted by Gasteiger charge is -2.31. The second kappa shape index (κ2) is 11.2. The van der Waals surface area contributed by atoms with Crippen LogP contribution in [0.25, 0.3) is 21.0 Å². The number of carbonyl (C=O) groups is 1. The Labute approximate surface area is 251 Å². The Morgan fingerprint density at radius 2 is 1.77 bits per heavy atom. The third-order valence-corrected chi connectivity index (χ3v) is 11.4. The van der Waals surface area contributed by atoms with Crippen LogP contribution in [-0.2, 0) is 20.8 Å². The summed E-state index contributed by atoms with van der Waals surface area (Å²) in [5, 5.41) is 12.9. The van der Waals surface area contributed by atoms with Gasteiger partial charge in [-0.3, -0.25) is 9.78 Å². The minimum Gasteiger partial charge on any atom is -0.369 e. The van der Waals surface area contributed by atoms with Crippen LogP contribution in [0.1, 0.15) is 55.7 Å². The molecule has 6 rings (SSSR count). The van der Waals surface area contributed by atoms with Gasteiger partial charge in [0.2, 0.25) is 5.91 Å². The predicted octanol–water partition coefficient (Wildman–Crippen LogP) is 5.57. The average Bonchev–Trinajstić information content (AvgIpc) is 3.63. The van der Waals surface area contributed by atoms with Crippen LogP contribution in [0.3, 0.4) is 0 Å². The van der Waals surface area contributed by atoms with Gasteiger partial charge in [-0.2, -0.15) is 18.4 Å². The normalized spacial score (nSPS) is 22.9. The first-order chi connectivity index (χ1) is 20.5. The predicted molar refractivity (Wildman–Crippen MR) is 157 cm³/mol. The topological polar surface area (TPSA) is 116 Å². The van der Waals surface area contributed by atoms with E-state index < -0.39 is 33.0 Å². The summed E-state index contributed by atoms with van der Waals surface area (Å²) in [7, 11) is -3.02. The fraction of sp³-hybridized carbons (Fsp3) is 0.467. The summed E-state index contributed by atoms with van der Waals surface area (Å²) in [6, 6.07) is 10.9. The van der Waals surface area contributed by atoms with Gasteiger partial charge in [-0.15, -0.1) is 11.3 Å². The molecule has 2 atom stereocenters. The van der Waals surface area contributed by atoms with Gasteiger partial charge in [0.15, 0.2) is 9.84 Å². The highest BCUT2D eigenvalue weighted by atomic mass is 32.2. The van der Waals surface area contributed by atoms with Gasteiger partial charge < -0.3 is 10.2 Å². The van der Waals surface area contributed by atoms with Crippen LogP contribution in [0.2, 0.25) is 0 Å². The molecule has 13 heteroatoms. The molecule has 2 aliphatic carbocycles. The van der Waals surface area contributed by atoms with E-state index in [1.165, 1.54) is 17.5 Å². The van der Waals surface area contributed by atoms with Gasteiger partial charge in [-0.05, 0) is 49.4 Å². The van der Waals surface area contributed by atoms with Crippen LogP contribution in [0.4, 0.5) is 18.9 Å². The Hall–Kier alpha value is -3.50. The van der Waals surface area contributed by atoms with E-state index in [0.717, 1.165) is 41.2 Å². The number of nitriles is 1. The average molecular weight is 630 g/mol. The van der Waals surface area contributed by atoms with Crippen LogP contribution < -0.4 is 10.2 Å². The number of anilines is 1. The monoisotopic (exact) mass is 629 g/mol. The summed E-state index contributed by atoms with van der Waals surface area (Å²) in [6.07, 6.45) is 1.90. The minimum absolute atomic E-state index is 0.0976. The van der Waals surface area contributed by atoms with Crippen molar-refractivity contribution in [1.82, 2.24) is 15.3 Å². The number of rotatable bonds is 6. The fourth-order valence-electron chi connectivity index (χ4n) is 5.91. The number of hydrogen-bond acceptors (Lipinski definition) is 8. The molecule has 1 aromatic carbocycles. The molecule has 1 aliphatic heterocycles. The number of thiazole rings is 1. The number of hydrogen-bond donors (Lipinski definition) is 1. The van der Waals surface area contributed by atoms with Gasteiger partial charge in [-0.1, -0.05) is 25.0 Å². The van der Waals surface area contributed by atoms with Gasteiger partial charge in [0.25, 0.3) is 0 Å². The Bertz CT molecular complexity index is 1660. The second-order valence-corrected chi connectivity index (χ2v) is 14.9. The van der Waals surface area contributed by atoms with Crippen molar-refractivity contribution in [3.63, 3.8) is 0 Å². The first kappa shape index (κ1) is 29.6. The van der Waals surface area contributed by atoms with Crippen LogP contribution in [0, 0.1) is 17.2 Å². The lowest BCUT2D eigenvalue weighted by Crippen LogP contribution is -2.42. The van der Waals surface area contributed by atoms with Crippen LogP contribution in [-0.4, -0.2) is 54.4 Å². The third-order valence-electron chi connectivity index (χ3n) is 8.59. The molecular formula is C30H30F3N5O3S2. The van der Waals surface area contributed by atoms with Crippen molar-refractivity contribution < 1.29 is 26.4 Å². The fourth-order valence-corrected chi connectivity index (χ4v) is 8.23. The smallest absolute Gasteiger partial charge is 0.369 e. The van der Waals surface area contributed by atoms with Crippen molar-refractivity contribution in [1.29, 1.82) is 5.26 Å². The van der Waals surface area contributed by atoms with E-state index in [4.69, 9.17) is 4.98 Å². The molecule has 0 bridgehead atoms. The number of halogens is 3. The van der Waals surface area contributed by atoms with Crippen molar-refractivity contribution in [3.05, 3.63) is 54.0 Å². The molecule has 0 spiro atoms. The minimum atomic E-state index is -4.55. The van der Waals surface area contributed by atoms with Gasteiger partial charge in [0, 0.05) is 48.6 Å². The Kier molecular flexibility index (Phi) is 7.71. The molecule has 2 saturated carbocycles. The molecule has 226 valence electrons. The Morgan fingerprint density at radius 1 is 1.07 bits per heavy atom. The first-order valence-electron chi connectivity index (χ1n) is 14.3. The number of amides is 1. The number of sulfone groups is 1. The lowest BCUT2D eigenvalue weighted by atomic mass is 9.76. The van der Waals surface area contributed by atoms with E-state index in [0.29, 0.717) is 49.5 Å². The number of benzene rings is 1. The Morgan fingerprint density at radius 3 is 2.42 bits per heavy atom. The van der Waals surface area contributed by atoms with Gasteiger partial charge >= 0.3 is 6.18 Å². The number of pyridine rings is 1. The number of nitrogens with zero attached hydrogens (tertiary/aromatic N) is 4. The van der Waals surface area contributed by atoms with Gasteiger partial charge in [0.05, 0.1) is 33.7 Å². The molecule has 3 heterocycles. The lowest BCUT2D eigenvalue weighted by molar-refractivity contribution is -0.137. The molecule has 3 aromatic rings. The summed E-state index contributed by atoms with van der Waals surface area (Å²) in [6.45, 7) is 0.812. The molecule has 43 heavy (non-hydrogen) atoms. The maximum atomic E-state index is 13.5. The Balaban J connectivity index is 1.37. The van der Waals surface area contributed by atoms with Crippen molar-refractivity contribution in [2.75, 3.05) is 29.5 Å². The van der Waals surface area contributed by atoms with Crippen molar-refractivity contribution in [2.24, 2.45) is 5.92 Å². The highest BCUT2D eigenvalue weighted by Gasteiger charge is 2.47. The standard InChI is InChI=1S/C30H30F3N5O3S2/c31-30(32,33)21-15-20(16-35-17-21)28-36-25(23-3-1-2-4-24(23)27(39)37-29(18-34)9-10-29)26(42-28)19-5-7-22(8-6-19)38-11-13-43(40,41)14-12-38/h5-8,15-17,23-24H,1-4,9-14H2,(H,37,39). The molecule has 0 radical (unpaired) electrons. The number of nitrogens with one attached hydrogen (secondary N) is 1. The van der Waals surface area contributed by atoms with Crippen LogP contribution >= 0.6 is 11.3 Å². The van der Waals surface area contributed by atoms with Crippen LogP contribution in [0.15, 0.2) is 42.7 Å². The van der Waals surface area contributed by atoms with E-state index in [-0.39, 0.29) is 28.9 Å². The number of alkyl halides is 3. The number of aromatic nitrogens is 2. The summed E-state index contributed by atoms with van der Waals surface area (Å²) in [4.78, 5) is 25.0. The second-order valence-electron chi connectivity index (χ2n) is 11.6. The maximum absolute atomic E-state index is 13.5. The summed E-state index contributed by atoms with van der Waals surface area (Å²) in [5.74, 6) is -0.669. The third kappa shape index (κ3) is 6.26. The quantitative estimate of drug-likeness (QED) is 0.379. The summed E-state index contributed by atoms with van der Waals surface area (Å²) in [5.41, 5.74) is 0.938. The molecule has 8 nitrogen and oxygen atoms in total. The first-order valence-corrected chi connectivity index (χ1v) is 16.9. The molecule has 3 aliphatic rings. The van der Waals surface area contributed by atoms with E-state index in [1.807, 2.05) is 29.2 Å². The molecule has 2 aromatic heterocycles. The van der Waals surface area contributed by atoms with Crippen molar-refractivity contribution in [3.8, 4) is 27.1 Å². The van der Waals surface area contributed by atoms with E-state index in [9.17, 15) is 31.6 Å². The molecule has 2 unspecified atom stereocenters.